The smallest absolute Gasteiger partial charge is 0.241 e. The van der Waals surface area contributed by atoms with Crippen LogP contribution in [0.5, 0.6) is 0 Å². The first-order valence-electron chi connectivity index (χ1n) is 8.07. The first-order chi connectivity index (χ1) is 11.6. The normalized spacial score (nSPS) is 10.4. The maximum absolute atomic E-state index is 12.7. The van der Waals surface area contributed by atoms with Gasteiger partial charge in [0.1, 0.15) is 0 Å². The van der Waals surface area contributed by atoms with Gasteiger partial charge in [-0.3, -0.25) is 9.69 Å². The maximum Gasteiger partial charge on any atom is 0.241 e. The molecule has 0 saturated carbocycles. The van der Waals surface area contributed by atoms with Gasteiger partial charge in [-0.2, -0.15) is 5.26 Å². The molecule has 4 heteroatoms. The van der Waals surface area contributed by atoms with Gasteiger partial charge in [0.25, 0.3) is 0 Å². The van der Waals surface area contributed by atoms with Gasteiger partial charge < -0.3 is 4.90 Å². The van der Waals surface area contributed by atoms with Crippen LogP contribution in [0.2, 0.25) is 0 Å². The Bertz CT molecular complexity index is 706. The molecule has 0 bridgehead atoms. The fraction of sp³-hybridized carbons (Fsp3) is 0.300. The molecule has 1 amide bonds. The second-order valence-corrected chi connectivity index (χ2v) is 5.89. The van der Waals surface area contributed by atoms with Crippen LogP contribution in [-0.4, -0.2) is 30.9 Å². The van der Waals surface area contributed by atoms with E-state index in [9.17, 15) is 4.79 Å². The number of carbonyl (C=O) groups is 1. The zero-order valence-corrected chi connectivity index (χ0v) is 14.3. The molecule has 2 aromatic rings. The molecule has 0 aromatic heterocycles. The molecule has 0 radical (unpaired) electrons. The second-order valence-electron chi connectivity index (χ2n) is 5.89. The highest BCUT2D eigenvalue weighted by Gasteiger charge is 2.17. The molecule has 0 N–H and O–H groups in total. The fourth-order valence-electron chi connectivity index (χ4n) is 2.62. The van der Waals surface area contributed by atoms with Gasteiger partial charge in [0.05, 0.1) is 19.0 Å². The summed E-state index contributed by atoms with van der Waals surface area (Å²) >= 11 is 0. The molecule has 124 valence electrons. The summed E-state index contributed by atoms with van der Waals surface area (Å²) in [6.45, 7) is 3.53. The molecule has 0 atom stereocenters. The highest BCUT2D eigenvalue weighted by atomic mass is 16.2. The SMILES string of the molecule is Cc1ccccc1CN(C)CC(=O)N(CCC#N)c1ccccc1. The molecule has 0 aliphatic carbocycles. The highest BCUT2D eigenvalue weighted by molar-refractivity contribution is 5.94. The molecule has 0 aliphatic rings. The number of benzene rings is 2. The van der Waals surface area contributed by atoms with Gasteiger partial charge in [-0.05, 0) is 37.2 Å². The van der Waals surface area contributed by atoms with E-state index in [1.54, 1.807) is 4.90 Å². The molecule has 0 heterocycles. The summed E-state index contributed by atoms with van der Waals surface area (Å²) in [6.07, 6.45) is 0.322. The minimum atomic E-state index is 0.00698. The van der Waals surface area contributed by atoms with E-state index in [4.69, 9.17) is 5.26 Å². The molecule has 0 saturated heterocycles. The predicted molar refractivity (Wildman–Crippen MR) is 96.5 cm³/mol. The van der Waals surface area contributed by atoms with E-state index < -0.39 is 0 Å². The quantitative estimate of drug-likeness (QED) is 0.785. The molecule has 0 spiro atoms. The lowest BCUT2D eigenvalue weighted by Crippen LogP contribution is -2.39. The van der Waals surface area contributed by atoms with E-state index >= 15 is 0 Å². The topological polar surface area (TPSA) is 47.3 Å². The zero-order chi connectivity index (χ0) is 17.4. The van der Waals surface area contributed by atoms with Gasteiger partial charge in [-0.25, -0.2) is 0 Å². The minimum Gasteiger partial charge on any atom is -0.310 e. The Morgan fingerprint density at radius 2 is 1.75 bits per heavy atom. The summed E-state index contributed by atoms with van der Waals surface area (Å²) in [5.41, 5.74) is 3.28. The summed E-state index contributed by atoms with van der Waals surface area (Å²) in [5.74, 6) is 0.00698. The summed E-state index contributed by atoms with van der Waals surface area (Å²) in [5, 5.41) is 8.85. The average molecular weight is 321 g/mol. The van der Waals surface area contributed by atoms with Crippen LogP contribution < -0.4 is 4.90 Å². The number of carbonyl (C=O) groups excluding carboxylic acids is 1. The predicted octanol–water partition coefficient (Wildman–Crippen LogP) is 3.37. The van der Waals surface area contributed by atoms with E-state index in [-0.39, 0.29) is 5.91 Å². The van der Waals surface area contributed by atoms with Crippen LogP contribution in [-0.2, 0) is 11.3 Å². The Morgan fingerprint density at radius 1 is 1.08 bits per heavy atom. The van der Waals surface area contributed by atoms with Crippen molar-refractivity contribution in [1.82, 2.24) is 4.90 Å². The first-order valence-corrected chi connectivity index (χ1v) is 8.07. The molecule has 0 fully saturated rings. The molecule has 4 nitrogen and oxygen atoms in total. The van der Waals surface area contributed by atoms with Crippen LogP contribution in [0.15, 0.2) is 54.6 Å². The Hall–Kier alpha value is -2.64. The van der Waals surface area contributed by atoms with Gasteiger partial charge in [-0.15, -0.1) is 0 Å². The van der Waals surface area contributed by atoms with Crippen LogP contribution in [0.1, 0.15) is 17.5 Å². The van der Waals surface area contributed by atoms with Gasteiger partial charge in [0.15, 0.2) is 0 Å². The minimum absolute atomic E-state index is 0.00698. The van der Waals surface area contributed by atoms with E-state index in [0.717, 1.165) is 12.2 Å². The number of para-hydroxylation sites is 1. The molecule has 2 aromatic carbocycles. The number of hydrogen-bond acceptors (Lipinski definition) is 3. The Balaban J connectivity index is 2.04. The van der Waals surface area contributed by atoms with Crippen molar-refractivity contribution in [2.45, 2.75) is 19.9 Å². The van der Waals surface area contributed by atoms with Crippen LogP contribution in [0.3, 0.4) is 0 Å². The summed E-state index contributed by atoms with van der Waals surface area (Å²) in [7, 11) is 1.94. The van der Waals surface area contributed by atoms with E-state index in [0.29, 0.717) is 19.5 Å². The Kier molecular flexibility index (Phi) is 6.53. The standard InChI is InChI=1S/C20H23N3O/c1-17-9-6-7-10-18(17)15-22(2)16-20(24)23(14-8-13-21)19-11-4-3-5-12-19/h3-7,9-12H,8,14-16H2,1-2H3. The third-order valence-electron chi connectivity index (χ3n) is 3.92. The lowest BCUT2D eigenvalue weighted by molar-refractivity contribution is -0.119. The number of likely N-dealkylation sites (N-methyl/N-ethyl adjacent to an activating group) is 1. The highest BCUT2D eigenvalue weighted by Crippen LogP contribution is 2.15. The Labute approximate surface area is 143 Å². The third-order valence-corrected chi connectivity index (χ3v) is 3.92. The van der Waals surface area contributed by atoms with Crippen LogP contribution >= 0.6 is 0 Å². The van der Waals surface area contributed by atoms with Crippen molar-refractivity contribution in [1.29, 1.82) is 5.26 Å². The second kappa shape index (κ2) is 8.85. The number of hydrogen-bond donors (Lipinski definition) is 0. The van der Waals surface area contributed by atoms with Crippen molar-refractivity contribution in [3.63, 3.8) is 0 Å². The van der Waals surface area contributed by atoms with Crippen molar-refractivity contribution in [3.8, 4) is 6.07 Å². The van der Waals surface area contributed by atoms with E-state index in [1.807, 2.05) is 54.4 Å². The summed E-state index contributed by atoms with van der Waals surface area (Å²) in [4.78, 5) is 16.4. The van der Waals surface area contributed by atoms with Gasteiger partial charge in [-0.1, -0.05) is 42.5 Å². The van der Waals surface area contributed by atoms with E-state index in [1.165, 1.54) is 11.1 Å². The molecule has 24 heavy (non-hydrogen) atoms. The van der Waals surface area contributed by atoms with E-state index in [2.05, 4.69) is 25.1 Å². The van der Waals surface area contributed by atoms with Gasteiger partial charge in [0.2, 0.25) is 5.91 Å². The molecular weight excluding hydrogens is 298 g/mol. The molecule has 2 rings (SSSR count). The van der Waals surface area contributed by atoms with Crippen molar-refractivity contribution >= 4 is 11.6 Å². The monoisotopic (exact) mass is 321 g/mol. The Morgan fingerprint density at radius 3 is 2.42 bits per heavy atom. The lowest BCUT2D eigenvalue weighted by atomic mass is 10.1. The summed E-state index contributed by atoms with van der Waals surface area (Å²) in [6, 6.07) is 19.8. The number of nitrogens with zero attached hydrogens (tertiary/aromatic N) is 3. The number of nitriles is 1. The number of rotatable bonds is 7. The van der Waals surface area contributed by atoms with Crippen molar-refractivity contribution in [2.24, 2.45) is 0 Å². The first kappa shape index (κ1) is 17.7. The van der Waals surface area contributed by atoms with Gasteiger partial charge in [0, 0.05) is 18.8 Å². The van der Waals surface area contributed by atoms with Crippen LogP contribution in [0, 0.1) is 18.3 Å². The molecular formula is C20H23N3O. The number of amides is 1. The molecule has 0 aliphatic heterocycles. The van der Waals surface area contributed by atoms with Crippen molar-refractivity contribution in [3.05, 3.63) is 65.7 Å². The average Bonchev–Trinajstić information content (AvgIpc) is 2.58. The maximum atomic E-state index is 12.7. The largest absolute Gasteiger partial charge is 0.310 e. The molecule has 0 unspecified atom stereocenters. The summed E-state index contributed by atoms with van der Waals surface area (Å²) < 4.78 is 0. The number of aryl methyl sites for hydroxylation is 1. The lowest BCUT2D eigenvalue weighted by Gasteiger charge is -2.25. The fourth-order valence-corrected chi connectivity index (χ4v) is 2.62. The van der Waals surface area contributed by atoms with Crippen LogP contribution in [0.4, 0.5) is 5.69 Å². The van der Waals surface area contributed by atoms with Crippen molar-refractivity contribution < 1.29 is 4.79 Å². The third kappa shape index (κ3) is 4.94. The zero-order valence-electron chi connectivity index (χ0n) is 14.3. The van der Waals surface area contributed by atoms with Crippen LogP contribution in [0.25, 0.3) is 0 Å². The number of anilines is 1. The van der Waals surface area contributed by atoms with Gasteiger partial charge >= 0.3 is 0 Å². The van der Waals surface area contributed by atoms with Crippen molar-refractivity contribution in [2.75, 3.05) is 25.0 Å².